The molecule has 0 aromatic heterocycles. The fourth-order valence-corrected chi connectivity index (χ4v) is 5.06. The van der Waals surface area contributed by atoms with E-state index in [4.69, 9.17) is 18.9 Å². The van der Waals surface area contributed by atoms with Gasteiger partial charge in [0.15, 0.2) is 23.0 Å². The first kappa shape index (κ1) is 15.4. The maximum absolute atomic E-state index is 11.1. The third kappa shape index (κ3) is 1.98. The average molecular weight is 369 g/mol. The summed E-state index contributed by atoms with van der Waals surface area (Å²) in [6, 6.07) is 5.52. The number of aliphatic hydroxyl groups is 1. The number of phenolic OH excluding ortho intramolecular Hbond substituents is 1. The van der Waals surface area contributed by atoms with Crippen molar-refractivity contribution in [2.24, 2.45) is 0 Å². The maximum Gasteiger partial charge on any atom is 0.231 e. The first-order valence-electron chi connectivity index (χ1n) is 9.07. The molecule has 0 radical (unpaired) electrons. The summed E-state index contributed by atoms with van der Waals surface area (Å²) >= 11 is 0. The van der Waals surface area contributed by atoms with Gasteiger partial charge in [-0.1, -0.05) is 0 Å². The Morgan fingerprint density at radius 2 is 1.74 bits per heavy atom. The molecule has 4 aliphatic rings. The van der Waals surface area contributed by atoms with Crippen LogP contribution >= 0.6 is 0 Å². The Morgan fingerprint density at radius 1 is 1.00 bits per heavy atom. The molecule has 3 aliphatic heterocycles. The van der Waals surface area contributed by atoms with Crippen molar-refractivity contribution in [1.29, 1.82) is 0 Å². The van der Waals surface area contributed by atoms with E-state index in [1.807, 2.05) is 19.2 Å². The highest BCUT2D eigenvalue weighted by molar-refractivity contribution is 5.62. The third-order valence-electron chi connectivity index (χ3n) is 6.14. The van der Waals surface area contributed by atoms with E-state index >= 15 is 0 Å². The summed E-state index contributed by atoms with van der Waals surface area (Å²) in [5.74, 6) is 2.59. The molecule has 7 heteroatoms. The molecule has 27 heavy (non-hydrogen) atoms. The molecule has 0 saturated heterocycles. The van der Waals surface area contributed by atoms with Crippen LogP contribution in [-0.2, 0) is 13.0 Å². The Labute approximate surface area is 155 Å². The van der Waals surface area contributed by atoms with Crippen molar-refractivity contribution in [1.82, 2.24) is 4.90 Å². The van der Waals surface area contributed by atoms with Gasteiger partial charge in [0.2, 0.25) is 13.6 Å². The fourth-order valence-electron chi connectivity index (χ4n) is 5.06. The summed E-state index contributed by atoms with van der Waals surface area (Å²) in [7, 11) is 2.03. The second-order valence-electron chi connectivity index (χ2n) is 7.58. The molecule has 0 bridgehead atoms. The van der Waals surface area contributed by atoms with Gasteiger partial charge in [0.1, 0.15) is 5.75 Å². The van der Waals surface area contributed by atoms with E-state index in [9.17, 15) is 10.2 Å². The van der Waals surface area contributed by atoms with Crippen molar-refractivity contribution in [3.8, 4) is 28.7 Å². The molecule has 2 aromatic rings. The topological polar surface area (TPSA) is 80.6 Å². The van der Waals surface area contributed by atoms with Gasteiger partial charge in [-0.15, -0.1) is 0 Å². The molecular weight excluding hydrogens is 350 g/mol. The Morgan fingerprint density at radius 3 is 2.59 bits per heavy atom. The van der Waals surface area contributed by atoms with E-state index in [0.717, 1.165) is 33.8 Å². The van der Waals surface area contributed by atoms with Gasteiger partial charge in [-0.2, -0.15) is 0 Å². The number of benzene rings is 2. The van der Waals surface area contributed by atoms with Gasteiger partial charge in [0, 0.05) is 35.7 Å². The SMILES string of the molecule is CN1Cc2c3c(cc(O)c2[C@@H]2[C@H](O)Cc4cc5c(cc4[C@@H]21)OCO5)OCO3. The molecule has 2 aromatic carbocycles. The van der Waals surface area contributed by atoms with Crippen LogP contribution in [0.25, 0.3) is 0 Å². The van der Waals surface area contributed by atoms with E-state index in [0.29, 0.717) is 24.5 Å². The Hall–Kier alpha value is -2.64. The van der Waals surface area contributed by atoms with Crippen LogP contribution in [0.1, 0.15) is 34.2 Å². The molecule has 0 spiro atoms. The average Bonchev–Trinajstić information content (AvgIpc) is 3.28. The summed E-state index contributed by atoms with van der Waals surface area (Å²) in [5, 5.41) is 21.8. The first-order chi connectivity index (χ1) is 13.1. The third-order valence-corrected chi connectivity index (χ3v) is 6.14. The lowest BCUT2D eigenvalue weighted by molar-refractivity contribution is 0.0577. The minimum absolute atomic E-state index is 0.0722. The summed E-state index contributed by atoms with van der Waals surface area (Å²) in [6.07, 6.45) is -0.135. The zero-order chi connectivity index (χ0) is 18.3. The van der Waals surface area contributed by atoms with E-state index in [1.54, 1.807) is 6.07 Å². The Balaban J connectivity index is 1.56. The van der Waals surface area contributed by atoms with Crippen LogP contribution in [0.15, 0.2) is 18.2 Å². The monoisotopic (exact) mass is 369 g/mol. The second-order valence-corrected chi connectivity index (χ2v) is 7.58. The zero-order valence-electron chi connectivity index (χ0n) is 14.8. The lowest BCUT2D eigenvalue weighted by Crippen LogP contribution is -2.43. The molecule has 0 unspecified atom stereocenters. The molecule has 1 aliphatic carbocycles. The predicted molar refractivity (Wildman–Crippen MR) is 93.5 cm³/mol. The molecule has 0 amide bonds. The van der Waals surface area contributed by atoms with Gasteiger partial charge in [-0.25, -0.2) is 0 Å². The lowest BCUT2D eigenvalue weighted by atomic mass is 9.70. The van der Waals surface area contributed by atoms with Gasteiger partial charge in [-0.3, -0.25) is 4.90 Å². The van der Waals surface area contributed by atoms with Gasteiger partial charge in [-0.05, 0) is 36.7 Å². The van der Waals surface area contributed by atoms with Gasteiger partial charge < -0.3 is 29.2 Å². The normalized spacial score (nSPS) is 27.1. The van der Waals surface area contributed by atoms with Crippen LogP contribution in [0.3, 0.4) is 0 Å². The molecule has 0 saturated carbocycles. The minimum Gasteiger partial charge on any atom is -0.508 e. The highest BCUT2D eigenvalue weighted by Crippen LogP contribution is 2.56. The fraction of sp³-hybridized carbons (Fsp3) is 0.400. The van der Waals surface area contributed by atoms with Crippen molar-refractivity contribution < 1.29 is 29.2 Å². The van der Waals surface area contributed by atoms with Gasteiger partial charge in [0.05, 0.1) is 6.10 Å². The highest BCUT2D eigenvalue weighted by atomic mass is 16.7. The van der Waals surface area contributed by atoms with Crippen LogP contribution in [0.2, 0.25) is 0 Å². The van der Waals surface area contributed by atoms with Crippen LogP contribution in [0.4, 0.5) is 0 Å². The molecule has 7 nitrogen and oxygen atoms in total. The summed E-state index contributed by atoms with van der Waals surface area (Å²) in [5.41, 5.74) is 3.83. The molecule has 3 atom stereocenters. The number of aliphatic hydroxyl groups excluding tert-OH is 1. The van der Waals surface area contributed by atoms with Crippen LogP contribution in [0, 0.1) is 0 Å². The molecule has 6 rings (SSSR count). The standard InChI is InChI=1S/C20H19NO6/c1-21-6-11-17(13(23)5-16-20(11)27-8-26-16)18-12(22)2-9-3-14-15(25-7-24-14)4-10(9)19(18)21/h3-5,12,18-19,22-23H,2,6-8H2,1H3/t12-,18+,19+/m1/s1. The molecule has 140 valence electrons. The number of likely N-dealkylation sites (N-methyl/N-ethyl adjacent to an activating group) is 1. The van der Waals surface area contributed by atoms with E-state index in [2.05, 4.69) is 4.90 Å². The smallest absolute Gasteiger partial charge is 0.231 e. The quantitative estimate of drug-likeness (QED) is 0.735. The number of hydrogen-bond acceptors (Lipinski definition) is 7. The van der Waals surface area contributed by atoms with Crippen molar-refractivity contribution in [3.63, 3.8) is 0 Å². The van der Waals surface area contributed by atoms with Crippen molar-refractivity contribution in [2.45, 2.75) is 31.0 Å². The second kappa shape index (κ2) is 5.21. The molecule has 2 N–H and O–H groups in total. The number of fused-ring (bicyclic) bond motifs is 8. The molecular formula is C20H19NO6. The lowest BCUT2D eigenvalue weighted by Gasteiger charge is -2.46. The summed E-state index contributed by atoms with van der Waals surface area (Å²) < 4.78 is 22.2. The largest absolute Gasteiger partial charge is 0.508 e. The minimum atomic E-state index is -0.629. The van der Waals surface area contributed by atoms with Crippen LogP contribution in [-0.4, -0.2) is 41.9 Å². The number of ether oxygens (including phenoxy) is 4. The number of rotatable bonds is 0. The first-order valence-corrected chi connectivity index (χ1v) is 9.07. The van der Waals surface area contributed by atoms with E-state index in [-0.39, 0.29) is 31.3 Å². The number of nitrogens with zero attached hydrogens (tertiary/aromatic N) is 1. The zero-order valence-corrected chi connectivity index (χ0v) is 14.8. The Kier molecular flexibility index (Phi) is 2.97. The summed E-state index contributed by atoms with van der Waals surface area (Å²) in [4.78, 5) is 2.19. The van der Waals surface area contributed by atoms with Crippen LogP contribution < -0.4 is 18.9 Å². The Bertz CT molecular complexity index is 974. The molecule has 3 heterocycles. The summed E-state index contributed by atoms with van der Waals surface area (Å²) in [6.45, 7) is 0.965. The number of phenols is 1. The van der Waals surface area contributed by atoms with Crippen molar-refractivity contribution >= 4 is 0 Å². The van der Waals surface area contributed by atoms with Gasteiger partial charge >= 0.3 is 0 Å². The number of hydrogen-bond donors (Lipinski definition) is 2. The predicted octanol–water partition coefficient (Wildman–Crippen LogP) is 2.04. The van der Waals surface area contributed by atoms with E-state index < -0.39 is 6.10 Å². The van der Waals surface area contributed by atoms with E-state index in [1.165, 1.54) is 0 Å². The van der Waals surface area contributed by atoms with Crippen molar-refractivity contribution in [2.75, 3.05) is 20.6 Å². The maximum atomic E-state index is 11.1. The van der Waals surface area contributed by atoms with Gasteiger partial charge in [0.25, 0.3) is 0 Å². The van der Waals surface area contributed by atoms with Crippen molar-refractivity contribution in [3.05, 3.63) is 40.5 Å². The number of aromatic hydroxyl groups is 1. The molecule has 0 fully saturated rings. The van der Waals surface area contributed by atoms with Crippen LogP contribution in [0.5, 0.6) is 28.7 Å². The highest BCUT2D eigenvalue weighted by Gasteiger charge is 2.46.